The Bertz CT molecular complexity index is 693. The third kappa shape index (κ3) is 3.46. The highest BCUT2D eigenvalue weighted by molar-refractivity contribution is 7.89. The summed E-state index contributed by atoms with van der Waals surface area (Å²) < 4.78 is 33.2. The number of aliphatic hydroxyl groups excluding tert-OH is 1. The van der Waals surface area contributed by atoms with Gasteiger partial charge in [-0.25, -0.2) is 13.1 Å². The summed E-state index contributed by atoms with van der Waals surface area (Å²) in [5, 5.41) is 16.6. The van der Waals surface area contributed by atoms with Gasteiger partial charge in [-0.15, -0.1) is 0 Å². The molecule has 2 N–H and O–H groups in total. The zero-order valence-corrected chi connectivity index (χ0v) is 12.6. The van der Waals surface area contributed by atoms with Crippen LogP contribution < -0.4 is 4.72 Å². The van der Waals surface area contributed by atoms with Gasteiger partial charge in [-0.3, -0.25) is 4.68 Å². The third-order valence-electron chi connectivity index (χ3n) is 2.94. The smallest absolute Gasteiger partial charge is 0.244 e. The molecule has 0 fully saturated rings. The number of nitrogens with zero attached hydrogens (tertiary/aromatic N) is 4. The van der Waals surface area contributed by atoms with Gasteiger partial charge in [-0.1, -0.05) is 5.16 Å². The van der Waals surface area contributed by atoms with Crippen molar-refractivity contribution in [2.45, 2.75) is 38.3 Å². The number of rotatable bonds is 7. The van der Waals surface area contributed by atoms with Crippen molar-refractivity contribution < 1.29 is 18.0 Å². The van der Waals surface area contributed by atoms with Crippen LogP contribution >= 0.6 is 0 Å². The monoisotopic (exact) mass is 315 g/mol. The molecule has 2 heterocycles. The van der Waals surface area contributed by atoms with Crippen LogP contribution in [0.15, 0.2) is 15.8 Å². The van der Waals surface area contributed by atoms with Gasteiger partial charge in [0.1, 0.15) is 4.90 Å². The summed E-state index contributed by atoms with van der Waals surface area (Å²) in [6.07, 6.45) is 1.64. The number of hydrogen-bond donors (Lipinski definition) is 2. The average molecular weight is 315 g/mol. The van der Waals surface area contributed by atoms with Crippen molar-refractivity contribution >= 4 is 10.0 Å². The van der Waals surface area contributed by atoms with Crippen LogP contribution in [-0.4, -0.2) is 40.1 Å². The lowest BCUT2D eigenvalue weighted by Gasteiger charge is -2.06. The predicted octanol–water partition coefficient (Wildman–Crippen LogP) is -0.256. The fourth-order valence-electron chi connectivity index (χ4n) is 2.01. The number of aromatic nitrogens is 4. The second-order valence-corrected chi connectivity index (χ2v) is 6.18. The highest BCUT2D eigenvalue weighted by Gasteiger charge is 2.24. The molecule has 0 radical (unpaired) electrons. The minimum atomic E-state index is -3.72. The van der Waals surface area contributed by atoms with E-state index in [1.165, 1.54) is 0 Å². The topological polar surface area (TPSA) is 123 Å². The predicted molar refractivity (Wildman–Crippen MR) is 71.7 cm³/mol. The van der Waals surface area contributed by atoms with Crippen LogP contribution in [0, 0.1) is 13.8 Å². The lowest BCUT2D eigenvalue weighted by Crippen LogP contribution is -2.25. The van der Waals surface area contributed by atoms with E-state index in [0.29, 0.717) is 24.4 Å². The molecule has 0 amide bonds. The molecule has 0 spiro atoms. The van der Waals surface area contributed by atoms with E-state index in [9.17, 15) is 8.42 Å². The molecule has 10 heteroatoms. The van der Waals surface area contributed by atoms with E-state index < -0.39 is 10.0 Å². The molecular weight excluding hydrogens is 298 g/mol. The molecule has 2 aromatic heterocycles. The summed E-state index contributed by atoms with van der Waals surface area (Å²) in [5.41, 5.74) is 0.938. The molecule has 0 aliphatic heterocycles. The second-order valence-electron chi connectivity index (χ2n) is 4.47. The lowest BCUT2D eigenvalue weighted by atomic mass is 10.4. The highest BCUT2D eigenvalue weighted by Crippen LogP contribution is 2.19. The van der Waals surface area contributed by atoms with Crippen LogP contribution in [0.1, 0.15) is 23.6 Å². The van der Waals surface area contributed by atoms with Gasteiger partial charge in [0.25, 0.3) is 0 Å². The number of nitrogens with one attached hydrogen (secondary N) is 1. The van der Waals surface area contributed by atoms with Crippen LogP contribution in [0.2, 0.25) is 0 Å². The fraction of sp³-hybridized carbons (Fsp3) is 0.545. The van der Waals surface area contributed by atoms with Crippen LogP contribution in [-0.2, 0) is 23.1 Å². The molecule has 0 aliphatic carbocycles. The molecule has 0 unspecified atom stereocenters. The van der Waals surface area contributed by atoms with E-state index in [1.54, 1.807) is 18.5 Å². The van der Waals surface area contributed by atoms with E-state index in [2.05, 4.69) is 24.5 Å². The zero-order chi connectivity index (χ0) is 15.5. The number of sulfonamides is 1. The Morgan fingerprint density at radius 3 is 2.81 bits per heavy atom. The molecule has 21 heavy (non-hydrogen) atoms. The molecule has 2 aromatic rings. The van der Waals surface area contributed by atoms with E-state index >= 15 is 0 Å². The van der Waals surface area contributed by atoms with Crippen molar-refractivity contribution in [3.63, 3.8) is 0 Å². The molecule has 0 aliphatic rings. The maximum absolute atomic E-state index is 12.4. The first kappa shape index (κ1) is 15.6. The molecule has 0 aromatic carbocycles. The SMILES string of the molecule is Cc1nn(CCCO)c(C)c1S(=O)(=O)NCc1ncon1. The molecule has 0 saturated carbocycles. The summed E-state index contributed by atoms with van der Waals surface area (Å²) in [7, 11) is -3.72. The van der Waals surface area contributed by atoms with E-state index in [4.69, 9.17) is 5.11 Å². The fourth-order valence-corrected chi connectivity index (χ4v) is 3.40. The van der Waals surface area contributed by atoms with Crippen molar-refractivity contribution in [2.75, 3.05) is 6.61 Å². The number of aryl methyl sites for hydroxylation is 2. The van der Waals surface area contributed by atoms with Crippen molar-refractivity contribution in [3.8, 4) is 0 Å². The summed E-state index contributed by atoms with van der Waals surface area (Å²) in [6.45, 7) is 3.74. The van der Waals surface area contributed by atoms with Crippen LogP contribution in [0.4, 0.5) is 0 Å². The molecule has 0 bridgehead atoms. The molecule has 116 valence electrons. The van der Waals surface area contributed by atoms with Crippen LogP contribution in [0.5, 0.6) is 0 Å². The van der Waals surface area contributed by atoms with Gasteiger partial charge in [0.15, 0.2) is 5.82 Å². The Kier molecular flexibility index (Phi) is 4.70. The summed E-state index contributed by atoms with van der Waals surface area (Å²) in [6, 6.07) is 0. The zero-order valence-electron chi connectivity index (χ0n) is 11.8. The standard InChI is InChI=1S/C11H17N5O4S/c1-8-11(9(2)16(14-8)4-3-5-17)21(18,19)13-6-10-12-7-20-15-10/h7,13,17H,3-6H2,1-2H3. The largest absolute Gasteiger partial charge is 0.396 e. The van der Waals surface area contributed by atoms with Gasteiger partial charge >= 0.3 is 0 Å². The Morgan fingerprint density at radius 2 is 2.19 bits per heavy atom. The minimum Gasteiger partial charge on any atom is -0.396 e. The van der Waals surface area contributed by atoms with Crippen molar-refractivity contribution in [1.29, 1.82) is 0 Å². The first-order valence-electron chi connectivity index (χ1n) is 6.35. The Labute approximate surface area is 122 Å². The van der Waals surface area contributed by atoms with E-state index in [-0.39, 0.29) is 23.9 Å². The van der Waals surface area contributed by atoms with Crippen molar-refractivity contribution in [1.82, 2.24) is 24.6 Å². The molecular formula is C11H17N5O4S. The Balaban J connectivity index is 2.21. The van der Waals surface area contributed by atoms with Crippen molar-refractivity contribution in [2.24, 2.45) is 0 Å². The van der Waals surface area contributed by atoms with Crippen LogP contribution in [0.25, 0.3) is 0 Å². The van der Waals surface area contributed by atoms with Gasteiger partial charge in [-0.2, -0.15) is 10.1 Å². The highest BCUT2D eigenvalue weighted by atomic mass is 32.2. The van der Waals surface area contributed by atoms with Gasteiger partial charge < -0.3 is 9.63 Å². The first-order chi connectivity index (χ1) is 9.95. The molecule has 0 atom stereocenters. The minimum absolute atomic E-state index is 0.0243. The average Bonchev–Trinajstić information content (AvgIpc) is 3.03. The van der Waals surface area contributed by atoms with Crippen molar-refractivity contribution in [3.05, 3.63) is 23.6 Å². The van der Waals surface area contributed by atoms with Gasteiger partial charge in [0.2, 0.25) is 16.4 Å². The normalized spacial score (nSPS) is 12.0. The molecule has 0 saturated heterocycles. The molecule has 9 nitrogen and oxygen atoms in total. The number of aliphatic hydroxyl groups is 1. The van der Waals surface area contributed by atoms with Gasteiger partial charge in [-0.05, 0) is 20.3 Å². The number of hydrogen-bond acceptors (Lipinski definition) is 7. The maximum Gasteiger partial charge on any atom is 0.244 e. The summed E-state index contributed by atoms with van der Waals surface area (Å²) in [4.78, 5) is 3.89. The van der Waals surface area contributed by atoms with E-state index in [0.717, 1.165) is 6.39 Å². The van der Waals surface area contributed by atoms with E-state index in [1.807, 2.05) is 0 Å². The first-order valence-corrected chi connectivity index (χ1v) is 7.84. The maximum atomic E-state index is 12.4. The summed E-state index contributed by atoms with van der Waals surface area (Å²) in [5.74, 6) is 0.251. The van der Waals surface area contributed by atoms with Crippen LogP contribution in [0.3, 0.4) is 0 Å². The Hall–Kier alpha value is -1.78. The molecule has 2 rings (SSSR count). The Morgan fingerprint density at radius 1 is 1.43 bits per heavy atom. The summed E-state index contributed by atoms with van der Waals surface area (Å²) >= 11 is 0. The quantitative estimate of drug-likeness (QED) is 0.721. The lowest BCUT2D eigenvalue weighted by molar-refractivity contribution is 0.276. The van der Waals surface area contributed by atoms with Gasteiger partial charge in [0.05, 0.1) is 17.9 Å². The second kappa shape index (κ2) is 6.33. The third-order valence-corrected chi connectivity index (χ3v) is 4.59. The van der Waals surface area contributed by atoms with Gasteiger partial charge in [0, 0.05) is 13.2 Å².